The Morgan fingerprint density at radius 2 is 1.76 bits per heavy atom. The summed E-state index contributed by atoms with van der Waals surface area (Å²) in [6.45, 7) is 3.78. The van der Waals surface area contributed by atoms with Gasteiger partial charge in [-0.25, -0.2) is 4.79 Å². The van der Waals surface area contributed by atoms with Gasteiger partial charge in [-0.15, -0.1) is 0 Å². The van der Waals surface area contributed by atoms with Gasteiger partial charge >= 0.3 is 11.9 Å². The number of aliphatic carboxylic acids is 1. The molecule has 0 aliphatic carbocycles. The molecule has 8 nitrogen and oxygen atoms in total. The van der Waals surface area contributed by atoms with E-state index in [9.17, 15) is 19.8 Å². The summed E-state index contributed by atoms with van der Waals surface area (Å²) in [6.07, 6.45) is 2.31. The second-order valence-corrected chi connectivity index (χ2v) is 8.26. The number of carboxylic acid groups (broad SMARTS) is 2. The van der Waals surface area contributed by atoms with Crippen LogP contribution in [0.25, 0.3) is 10.9 Å². The van der Waals surface area contributed by atoms with Crippen LogP contribution >= 0.6 is 0 Å². The van der Waals surface area contributed by atoms with Crippen molar-refractivity contribution >= 4 is 22.8 Å². The topological polar surface area (TPSA) is 110 Å². The fraction of sp³-hybridized carbons (Fsp3) is 0.320. The third-order valence-corrected chi connectivity index (χ3v) is 6.20. The minimum absolute atomic E-state index is 0.166. The molecule has 8 heteroatoms. The van der Waals surface area contributed by atoms with Crippen LogP contribution < -0.4 is 0 Å². The molecule has 3 aromatic rings. The number of nitrogens with zero attached hydrogens (tertiary/aromatic N) is 4. The van der Waals surface area contributed by atoms with Crippen LogP contribution in [0, 0.1) is 11.3 Å². The summed E-state index contributed by atoms with van der Waals surface area (Å²) >= 11 is 0. The van der Waals surface area contributed by atoms with E-state index < -0.39 is 18.0 Å². The van der Waals surface area contributed by atoms with Gasteiger partial charge in [0.05, 0.1) is 11.6 Å². The fourth-order valence-corrected chi connectivity index (χ4v) is 4.52. The van der Waals surface area contributed by atoms with Gasteiger partial charge in [-0.1, -0.05) is 36.4 Å². The van der Waals surface area contributed by atoms with E-state index in [4.69, 9.17) is 5.26 Å². The van der Waals surface area contributed by atoms with E-state index in [1.807, 2.05) is 46.0 Å². The minimum Gasteiger partial charge on any atom is -0.480 e. The maximum Gasteiger partial charge on any atom is 0.335 e. The van der Waals surface area contributed by atoms with Crippen molar-refractivity contribution < 1.29 is 19.8 Å². The number of piperazine rings is 1. The molecular weight excluding hydrogens is 420 g/mol. The molecule has 1 aliphatic heterocycles. The summed E-state index contributed by atoms with van der Waals surface area (Å²) in [5.74, 6) is -1.95. The average molecular weight is 447 g/mol. The van der Waals surface area contributed by atoms with E-state index >= 15 is 0 Å². The molecule has 0 bridgehead atoms. The second-order valence-electron chi connectivity index (χ2n) is 8.26. The lowest BCUT2D eigenvalue weighted by molar-refractivity contribution is -0.144. The van der Waals surface area contributed by atoms with Gasteiger partial charge in [-0.2, -0.15) is 5.26 Å². The van der Waals surface area contributed by atoms with Gasteiger partial charge in [-0.05, 0) is 17.7 Å². The van der Waals surface area contributed by atoms with Crippen LogP contribution in [0.4, 0.5) is 0 Å². The van der Waals surface area contributed by atoms with E-state index in [1.165, 1.54) is 6.07 Å². The number of nitriles is 1. The van der Waals surface area contributed by atoms with Gasteiger partial charge in [0.15, 0.2) is 0 Å². The highest BCUT2D eigenvalue weighted by Gasteiger charge is 2.32. The molecule has 2 aromatic carbocycles. The molecule has 0 spiro atoms. The van der Waals surface area contributed by atoms with Crippen LogP contribution in [0.3, 0.4) is 0 Å². The van der Waals surface area contributed by atoms with Crippen molar-refractivity contribution in [3.05, 3.63) is 71.4 Å². The smallest absolute Gasteiger partial charge is 0.335 e. The van der Waals surface area contributed by atoms with Crippen molar-refractivity contribution in [1.29, 1.82) is 5.26 Å². The number of hydrogen-bond donors (Lipinski definition) is 2. The van der Waals surface area contributed by atoms with Gasteiger partial charge in [-0.3, -0.25) is 14.6 Å². The molecule has 0 radical (unpaired) electrons. The normalized spacial score (nSPS) is 15.8. The number of rotatable bonds is 8. The Bertz CT molecular complexity index is 1190. The van der Waals surface area contributed by atoms with Crippen LogP contribution in [0.1, 0.15) is 33.9 Å². The van der Waals surface area contributed by atoms with Gasteiger partial charge in [0.25, 0.3) is 0 Å². The Hall–Kier alpha value is -3.67. The van der Waals surface area contributed by atoms with Crippen molar-refractivity contribution in [1.82, 2.24) is 14.4 Å². The summed E-state index contributed by atoms with van der Waals surface area (Å²) in [5.41, 5.74) is 2.57. The first kappa shape index (κ1) is 22.5. The standard InChI is InChI=1S/C25H26N4O4/c26-9-4-10-27-11-13-28(14-12-27)23(25(32)33)21-17-29(16-18-5-2-1-3-6-18)22-15-19(24(30)31)7-8-20(21)22/h1-3,5-8,15,17,23H,4,10-14,16H2,(H,30,31)(H,32,33). The van der Waals surface area contributed by atoms with E-state index in [0.717, 1.165) is 10.9 Å². The molecular formula is C25H26N4O4. The third-order valence-electron chi connectivity index (χ3n) is 6.20. The Balaban J connectivity index is 1.71. The van der Waals surface area contributed by atoms with Crippen molar-refractivity contribution in [2.45, 2.75) is 19.0 Å². The highest BCUT2D eigenvalue weighted by Crippen LogP contribution is 2.32. The quantitative estimate of drug-likeness (QED) is 0.547. The maximum atomic E-state index is 12.4. The minimum atomic E-state index is -1.02. The van der Waals surface area contributed by atoms with Gasteiger partial charge in [0, 0.05) is 68.4 Å². The number of carbonyl (C=O) groups is 2. The van der Waals surface area contributed by atoms with Crippen molar-refractivity contribution in [3.8, 4) is 6.07 Å². The lowest BCUT2D eigenvalue weighted by Crippen LogP contribution is -2.49. The molecule has 1 fully saturated rings. The first-order valence-corrected chi connectivity index (χ1v) is 10.9. The van der Waals surface area contributed by atoms with E-state index in [0.29, 0.717) is 56.8 Å². The molecule has 0 saturated carbocycles. The molecule has 1 atom stereocenters. The number of hydrogen-bond acceptors (Lipinski definition) is 5. The molecule has 2 heterocycles. The Morgan fingerprint density at radius 3 is 2.39 bits per heavy atom. The summed E-state index contributed by atoms with van der Waals surface area (Å²) in [7, 11) is 0. The Morgan fingerprint density at radius 1 is 1.03 bits per heavy atom. The molecule has 2 N–H and O–H groups in total. The van der Waals surface area contributed by atoms with Gasteiger partial charge in [0.2, 0.25) is 0 Å². The summed E-state index contributed by atoms with van der Waals surface area (Å²) < 4.78 is 1.94. The first-order valence-electron chi connectivity index (χ1n) is 10.9. The average Bonchev–Trinajstić information content (AvgIpc) is 3.16. The van der Waals surface area contributed by atoms with E-state index in [2.05, 4.69) is 11.0 Å². The molecule has 1 aliphatic rings. The zero-order valence-corrected chi connectivity index (χ0v) is 18.2. The summed E-state index contributed by atoms with van der Waals surface area (Å²) in [4.78, 5) is 28.2. The summed E-state index contributed by atoms with van der Waals surface area (Å²) in [6, 6.07) is 16.0. The van der Waals surface area contributed by atoms with E-state index in [1.54, 1.807) is 12.1 Å². The highest BCUT2D eigenvalue weighted by atomic mass is 16.4. The lowest BCUT2D eigenvalue weighted by Gasteiger charge is -2.37. The van der Waals surface area contributed by atoms with Gasteiger partial charge < -0.3 is 14.8 Å². The van der Waals surface area contributed by atoms with Crippen molar-refractivity contribution in [3.63, 3.8) is 0 Å². The maximum absolute atomic E-state index is 12.4. The third kappa shape index (κ3) is 4.90. The van der Waals surface area contributed by atoms with E-state index in [-0.39, 0.29) is 5.56 Å². The van der Waals surface area contributed by atoms with Crippen molar-refractivity contribution in [2.24, 2.45) is 0 Å². The molecule has 4 rings (SSSR count). The number of benzene rings is 2. The zero-order valence-electron chi connectivity index (χ0n) is 18.2. The van der Waals surface area contributed by atoms with Crippen LogP contribution in [-0.2, 0) is 11.3 Å². The monoisotopic (exact) mass is 446 g/mol. The molecule has 0 amide bonds. The zero-order chi connectivity index (χ0) is 23.4. The fourth-order valence-electron chi connectivity index (χ4n) is 4.52. The van der Waals surface area contributed by atoms with Crippen LogP contribution in [0.15, 0.2) is 54.7 Å². The largest absolute Gasteiger partial charge is 0.480 e. The SMILES string of the molecule is N#CCCN1CCN(C(C(=O)O)c2cn(Cc3ccccc3)c3cc(C(=O)O)ccc23)CC1. The highest BCUT2D eigenvalue weighted by molar-refractivity contribution is 5.96. The molecule has 1 aromatic heterocycles. The number of fused-ring (bicyclic) bond motifs is 1. The van der Waals surface area contributed by atoms with Gasteiger partial charge in [0.1, 0.15) is 6.04 Å². The first-order chi connectivity index (χ1) is 16.0. The van der Waals surface area contributed by atoms with Crippen LogP contribution in [0.5, 0.6) is 0 Å². The second kappa shape index (κ2) is 9.86. The number of carboxylic acids is 2. The summed E-state index contributed by atoms with van der Waals surface area (Å²) in [5, 5.41) is 29.2. The van der Waals surface area contributed by atoms with Crippen LogP contribution in [0.2, 0.25) is 0 Å². The predicted molar refractivity (Wildman–Crippen MR) is 123 cm³/mol. The molecule has 170 valence electrons. The molecule has 1 saturated heterocycles. The molecule has 1 unspecified atom stereocenters. The van der Waals surface area contributed by atoms with Crippen molar-refractivity contribution in [2.75, 3.05) is 32.7 Å². The molecule has 33 heavy (non-hydrogen) atoms. The Kier molecular flexibility index (Phi) is 6.73. The van der Waals surface area contributed by atoms with Crippen LogP contribution in [-0.4, -0.2) is 69.2 Å². The predicted octanol–water partition coefficient (Wildman–Crippen LogP) is 3.04. The number of aromatic nitrogens is 1. The Labute approximate surface area is 191 Å². The number of aromatic carboxylic acids is 1. The lowest BCUT2D eigenvalue weighted by atomic mass is 10.0.